The van der Waals surface area contributed by atoms with E-state index in [1.54, 1.807) is 0 Å². The minimum Gasteiger partial charge on any atom is -0.397 e. The molecule has 2 aromatic carbocycles. The van der Waals surface area contributed by atoms with E-state index < -0.39 is 0 Å². The molecule has 0 spiro atoms. The van der Waals surface area contributed by atoms with E-state index in [0.29, 0.717) is 0 Å². The molecule has 0 aliphatic rings. The van der Waals surface area contributed by atoms with Crippen molar-refractivity contribution >= 4 is 27.3 Å². The predicted octanol–water partition coefficient (Wildman–Crippen LogP) is 3.95. The molecule has 3 heteroatoms. The van der Waals surface area contributed by atoms with Gasteiger partial charge in [-0.15, -0.1) is 0 Å². The zero-order valence-electron chi connectivity index (χ0n) is 9.70. The van der Waals surface area contributed by atoms with Gasteiger partial charge in [0.15, 0.2) is 0 Å². The van der Waals surface area contributed by atoms with E-state index in [1.807, 2.05) is 24.3 Å². The Bertz CT molecular complexity index is 523. The Hall–Kier alpha value is -1.48. The summed E-state index contributed by atoms with van der Waals surface area (Å²) in [6.45, 7) is 2.90. The molecule has 0 aliphatic heterocycles. The third-order valence-electron chi connectivity index (χ3n) is 2.74. The van der Waals surface area contributed by atoms with E-state index in [1.165, 1.54) is 11.1 Å². The molecule has 17 heavy (non-hydrogen) atoms. The smallest absolute Gasteiger partial charge is 0.0577 e. The second kappa shape index (κ2) is 5.23. The van der Waals surface area contributed by atoms with E-state index in [-0.39, 0.29) is 0 Å². The van der Waals surface area contributed by atoms with Crippen LogP contribution in [0, 0.1) is 6.92 Å². The summed E-state index contributed by atoms with van der Waals surface area (Å²) in [4.78, 5) is 0. The molecule has 0 amide bonds. The molecule has 0 saturated heterocycles. The fraction of sp³-hybridized carbons (Fsp3) is 0.143. The summed E-state index contributed by atoms with van der Waals surface area (Å²) in [6, 6.07) is 14.2. The first-order valence-electron chi connectivity index (χ1n) is 5.50. The number of halogens is 1. The van der Waals surface area contributed by atoms with Crippen LogP contribution < -0.4 is 11.1 Å². The zero-order chi connectivity index (χ0) is 12.3. The van der Waals surface area contributed by atoms with Crippen LogP contribution in [0.15, 0.2) is 46.9 Å². The van der Waals surface area contributed by atoms with Gasteiger partial charge >= 0.3 is 0 Å². The van der Waals surface area contributed by atoms with Crippen molar-refractivity contribution in [1.82, 2.24) is 0 Å². The highest BCUT2D eigenvalue weighted by atomic mass is 79.9. The maximum absolute atomic E-state index is 5.93. The Kier molecular flexibility index (Phi) is 3.69. The molecule has 88 valence electrons. The minimum absolute atomic E-state index is 0.757. The van der Waals surface area contributed by atoms with E-state index in [4.69, 9.17) is 5.73 Å². The monoisotopic (exact) mass is 290 g/mol. The molecule has 0 saturated carbocycles. The van der Waals surface area contributed by atoms with Crippen molar-refractivity contribution in [3.63, 3.8) is 0 Å². The van der Waals surface area contributed by atoms with Gasteiger partial charge in [0.1, 0.15) is 0 Å². The fourth-order valence-corrected chi connectivity index (χ4v) is 2.07. The average Bonchev–Trinajstić information content (AvgIpc) is 2.30. The maximum atomic E-state index is 5.93. The summed E-state index contributed by atoms with van der Waals surface area (Å²) in [5.74, 6) is 0. The van der Waals surface area contributed by atoms with Crippen molar-refractivity contribution in [3.8, 4) is 0 Å². The SMILES string of the molecule is Cc1ccccc1CNc1ccc(Br)cc1N. The number of rotatable bonds is 3. The van der Waals surface area contributed by atoms with Gasteiger partial charge in [0.2, 0.25) is 0 Å². The summed E-state index contributed by atoms with van der Waals surface area (Å²) in [6.07, 6.45) is 0. The van der Waals surface area contributed by atoms with Crippen LogP contribution in [-0.2, 0) is 6.54 Å². The lowest BCUT2D eigenvalue weighted by Crippen LogP contribution is -2.03. The molecule has 0 aromatic heterocycles. The highest BCUT2D eigenvalue weighted by Crippen LogP contribution is 2.23. The van der Waals surface area contributed by atoms with Gasteiger partial charge in [-0.05, 0) is 36.2 Å². The number of hydrogen-bond donors (Lipinski definition) is 2. The Morgan fingerprint density at radius 2 is 1.94 bits per heavy atom. The van der Waals surface area contributed by atoms with Gasteiger partial charge in [0.05, 0.1) is 11.4 Å². The van der Waals surface area contributed by atoms with Gasteiger partial charge in [-0.3, -0.25) is 0 Å². The van der Waals surface area contributed by atoms with Crippen molar-refractivity contribution in [2.75, 3.05) is 11.1 Å². The van der Waals surface area contributed by atoms with Crippen LogP contribution in [0.4, 0.5) is 11.4 Å². The van der Waals surface area contributed by atoms with Gasteiger partial charge in [0.25, 0.3) is 0 Å². The Balaban J connectivity index is 2.10. The van der Waals surface area contributed by atoms with Crippen LogP contribution in [-0.4, -0.2) is 0 Å². The van der Waals surface area contributed by atoms with Crippen molar-refractivity contribution in [2.45, 2.75) is 13.5 Å². The fourth-order valence-electron chi connectivity index (χ4n) is 1.69. The van der Waals surface area contributed by atoms with Crippen molar-refractivity contribution in [2.24, 2.45) is 0 Å². The highest BCUT2D eigenvalue weighted by molar-refractivity contribution is 9.10. The summed E-state index contributed by atoms with van der Waals surface area (Å²) in [5, 5.41) is 3.35. The lowest BCUT2D eigenvalue weighted by atomic mass is 10.1. The molecule has 2 aromatic rings. The van der Waals surface area contributed by atoms with Gasteiger partial charge in [-0.25, -0.2) is 0 Å². The molecular weight excluding hydrogens is 276 g/mol. The van der Waals surface area contributed by atoms with Crippen molar-refractivity contribution < 1.29 is 0 Å². The lowest BCUT2D eigenvalue weighted by Gasteiger charge is -2.11. The van der Waals surface area contributed by atoms with Crippen LogP contribution in [0.3, 0.4) is 0 Å². The third-order valence-corrected chi connectivity index (χ3v) is 3.24. The summed E-state index contributed by atoms with van der Waals surface area (Å²) < 4.78 is 0.997. The normalized spacial score (nSPS) is 10.2. The van der Waals surface area contributed by atoms with E-state index in [2.05, 4.69) is 46.4 Å². The molecule has 2 nitrogen and oxygen atoms in total. The standard InChI is InChI=1S/C14H15BrN2/c1-10-4-2-3-5-11(10)9-17-14-7-6-12(15)8-13(14)16/h2-8,17H,9,16H2,1H3. The molecule has 0 fully saturated rings. The van der Waals surface area contributed by atoms with Crippen LogP contribution in [0.5, 0.6) is 0 Å². The molecule has 0 heterocycles. The van der Waals surface area contributed by atoms with Gasteiger partial charge < -0.3 is 11.1 Å². The van der Waals surface area contributed by atoms with E-state index in [9.17, 15) is 0 Å². The number of benzene rings is 2. The van der Waals surface area contributed by atoms with Crippen molar-refractivity contribution in [1.29, 1.82) is 0 Å². The lowest BCUT2D eigenvalue weighted by molar-refractivity contribution is 1.12. The molecule has 0 unspecified atom stereocenters. The Morgan fingerprint density at radius 1 is 1.18 bits per heavy atom. The van der Waals surface area contributed by atoms with Crippen LogP contribution in [0.2, 0.25) is 0 Å². The molecule has 2 rings (SSSR count). The van der Waals surface area contributed by atoms with Crippen molar-refractivity contribution in [3.05, 3.63) is 58.1 Å². The second-order valence-electron chi connectivity index (χ2n) is 4.01. The van der Waals surface area contributed by atoms with Gasteiger partial charge in [-0.2, -0.15) is 0 Å². The quantitative estimate of drug-likeness (QED) is 0.840. The number of anilines is 2. The highest BCUT2D eigenvalue weighted by Gasteiger charge is 2.01. The molecule has 0 radical (unpaired) electrons. The third kappa shape index (κ3) is 3.01. The summed E-state index contributed by atoms with van der Waals surface area (Å²) >= 11 is 3.40. The number of nitrogens with one attached hydrogen (secondary N) is 1. The van der Waals surface area contributed by atoms with Crippen LogP contribution >= 0.6 is 15.9 Å². The summed E-state index contributed by atoms with van der Waals surface area (Å²) in [7, 11) is 0. The largest absolute Gasteiger partial charge is 0.397 e. The van der Waals surface area contributed by atoms with Gasteiger partial charge in [-0.1, -0.05) is 40.2 Å². The maximum Gasteiger partial charge on any atom is 0.0577 e. The van der Waals surface area contributed by atoms with E-state index in [0.717, 1.165) is 22.4 Å². The molecule has 0 bridgehead atoms. The molecule has 0 atom stereocenters. The topological polar surface area (TPSA) is 38.0 Å². The number of hydrogen-bond acceptors (Lipinski definition) is 2. The van der Waals surface area contributed by atoms with Crippen LogP contribution in [0.25, 0.3) is 0 Å². The predicted molar refractivity (Wildman–Crippen MR) is 77.1 cm³/mol. The molecule has 0 aliphatic carbocycles. The number of nitrogens with two attached hydrogens (primary N) is 1. The second-order valence-corrected chi connectivity index (χ2v) is 4.93. The first kappa shape index (κ1) is 12.0. The molecule has 3 N–H and O–H groups in total. The summed E-state index contributed by atoms with van der Waals surface area (Å²) in [5.41, 5.74) is 10.2. The van der Waals surface area contributed by atoms with Crippen LogP contribution in [0.1, 0.15) is 11.1 Å². The first-order chi connectivity index (χ1) is 8.16. The Labute approximate surface area is 110 Å². The average molecular weight is 291 g/mol. The zero-order valence-corrected chi connectivity index (χ0v) is 11.3. The number of nitrogen functional groups attached to an aromatic ring is 1. The Morgan fingerprint density at radius 3 is 2.65 bits per heavy atom. The van der Waals surface area contributed by atoms with Gasteiger partial charge in [0, 0.05) is 11.0 Å². The minimum atomic E-state index is 0.757. The first-order valence-corrected chi connectivity index (χ1v) is 6.29. The van der Waals surface area contributed by atoms with E-state index >= 15 is 0 Å². The number of aryl methyl sites for hydroxylation is 1. The molecular formula is C14H15BrN2.